The molecule has 2 aromatic heterocycles. The van der Waals surface area contributed by atoms with Crippen LogP contribution in [0.4, 0.5) is 5.95 Å². The van der Waals surface area contributed by atoms with E-state index in [1.807, 2.05) is 26.8 Å². The van der Waals surface area contributed by atoms with Crippen molar-refractivity contribution < 1.29 is 28.8 Å². The van der Waals surface area contributed by atoms with Crippen LogP contribution < -0.4 is 24.2 Å². The van der Waals surface area contributed by atoms with E-state index in [4.69, 9.17) is 24.4 Å². The lowest BCUT2D eigenvalue weighted by Crippen LogP contribution is -2.41. The summed E-state index contributed by atoms with van der Waals surface area (Å²) < 4.78 is 20.9. The number of aliphatic hydroxyl groups is 1. The first-order valence-electron chi connectivity index (χ1n) is 13.3. The summed E-state index contributed by atoms with van der Waals surface area (Å²) in [4.78, 5) is 13.8. The molecule has 10 heteroatoms. The van der Waals surface area contributed by atoms with E-state index in [0.717, 1.165) is 35.2 Å². The normalized spacial score (nSPS) is 13.6. The van der Waals surface area contributed by atoms with Gasteiger partial charge in [0.15, 0.2) is 18.0 Å². The van der Waals surface area contributed by atoms with Gasteiger partial charge in [0.25, 0.3) is 5.88 Å². The number of ether oxygens (including phenoxy) is 3. The second-order valence-electron chi connectivity index (χ2n) is 10.8. The summed E-state index contributed by atoms with van der Waals surface area (Å²) >= 11 is 0. The number of fused-ring (bicyclic) bond motifs is 1. The van der Waals surface area contributed by atoms with Crippen molar-refractivity contribution >= 4 is 17.4 Å². The van der Waals surface area contributed by atoms with Gasteiger partial charge in [-0.05, 0) is 61.4 Å². The molecule has 1 saturated carbocycles. The van der Waals surface area contributed by atoms with Crippen LogP contribution in [0.3, 0.4) is 0 Å². The minimum absolute atomic E-state index is 0.0200. The van der Waals surface area contributed by atoms with Crippen molar-refractivity contribution in [3.8, 4) is 17.4 Å². The summed E-state index contributed by atoms with van der Waals surface area (Å²) in [5.41, 5.74) is 3.69. The van der Waals surface area contributed by atoms with Crippen molar-refractivity contribution in [3.63, 3.8) is 0 Å². The molecule has 0 unspecified atom stereocenters. The number of aryl methyl sites for hydroxylation is 1. The molecule has 0 saturated heterocycles. The molecule has 2 heterocycles. The lowest BCUT2D eigenvalue weighted by Gasteiger charge is -2.25. The third-order valence-corrected chi connectivity index (χ3v) is 6.70. The minimum atomic E-state index is -0.292. The lowest BCUT2D eigenvalue weighted by molar-refractivity contribution is -0.714. The summed E-state index contributed by atoms with van der Waals surface area (Å²) in [7, 11) is 1.60. The number of methoxy groups -OCH3 is 1. The van der Waals surface area contributed by atoms with E-state index in [2.05, 4.69) is 26.1 Å². The maximum absolute atomic E-state index is 13.8. The van der Waals surface area contributed by atoms with Gasteiger partial charge < -0.3 is 24.6 Å². The Kier molecular flexibility index (Phi) is 8.10. The molecule has 4 rings (SSSR count). The Balaban J connectivity index is 1.77. The van der Waals surface area contributed by atoms with Gasteiger partial charge in [-0.2, -0.15) is 0 Å². The molecule has 38 heavy (non-hydrogen) atoms. The Morgan fingerprint density at radius 3 is 2.55 bits per heavy atom. The highest BCUT2D eigenvalue weighted by Crippen LogP contribution is 2.40. The number of nitrogens with one attached hydrogen (secondary N) is 1. The van der Waals surface area contributed by atoms with Crippen LogP contribution in [0, 0.1) is 13.8 Å². The first-order valence-corrected chi connectivity index (χ1v) is 13.3. The highest BCUT2D eigenvalue weighted by molar-refractivity contribution is 5.96. The van der Waals surface area contributed by atoms with Gasteiger partial charge in [-0.3, -0.25) is 4.79 Å². The van der Waals surface area contributed by atoms with Gasteiger partial charge in [-0.1, -0.05) is 25.3 Å². The van der Waals surface area contributed by atoms with Gasteiger partial charge in [0.2, 0.25) is 5.78 Å². The second kappa shape index (κ2) is 11.1. The Bertz CT molecular complexity index is 1320. The molecular weight excluding hydrogens is 486 g/mol. The topological polar surface area (TPSA) is 111 Å². The Labute approximate surface area is 223 Å². The summed E-state index contributed by atoms with van der Waals surface area (Å²) in [6.07, 6.45) is 2.64. The predicted molar refractivity (Wildman–Crippen MR) is 144 cm³/mol. The molecule has 206 valence electrons. The number of carbonyl (C=O) groups excluding carboxylic acids is 1. The van der Waals surface area contributed by atoms with E-state index in [1.165, 1.54) is 0 Å². The molecule has 0 amide bonds. The van der Waals surface area contributed by atoms with Crippen molar-refractivity contribution in [2.24, 2.45) is 0 Å². The highest BCUT2D eigenvalue weighted by atomic mass is 16.5. The van der Waals surface area contributed by atoms with E-state index in [0.29, 0.717) is 54.6 Å². The van der Waals surface area contributed by atoms with E-state index >= 15 is 0 Å². The van der Waals surface area contributed by atoms with E-state index in [9.17, 15) is 9.90 Å². The number of Topliss-reactive ketones (excluding diaryl/α,β-unsaturated/α-hetero) is 1. The van der Waals surface area contributed by atoms with E-state index < -0.39 is 0 Å². The van der Waals surface area contributed by atoms with Crippen LogP contribution in [0.25, 0.3) is 5.65 Å². The first-order chi connectivity index (χ1) is 18.1. The van der Waals surface area contributed by atoms with E-state index in [1.54, 1.807) is 22.4 Å². The lowest BCUT2D eigenvalue weighted by atomic mass is 9.84. The molecule has 0 bridgehead atoms. The molecule has 1 aromatic carbocycles. The van der Waals surface area contributed by atoms with Gasteiger partial charge in [-0.25, -0.2) is 0 Å². The van der Waals surface area contributed by atoms with Crippen LogP contribution in [0.5, 0.6) is 17.4 Å². The Morgan fingerprint density at radius 2 is 1.95 bits per heavy atom. The van der Waals surface area contributed by atoms with Crippen LogP contribution in [0.2, 0.25) is 0 Å². The number of hydrogen-bond acceptors (Lipinski definition) is 8. The van der Waals surface area contributed by atoms with Crippen molar-refractivity contribution in [2.45, 2.75) is 78.8 Å². The molecule has 3 aromatic rings. The van der Waals surface area contributed by atoms with Gasteiger partial charge in [0.05, 0.1) is 25.9 Å². The maximum atomic E-state index is 13.8. The van der Waals surface area contributed by atoms with Crippen LogP contribution in [-0.2, 0) is 12.0 Å². The predicted octanol–water partition coefficient (Wildman–Crippen LogP) is 3.56. The molecule has 1 fully saturated rings. The fourth-order valence-corrected chi connectivity index (χ4v) is 4.35. The van der Waals surface area contributed by atoms with Crippen LogP contribution in [-0.4, -0.2) is 58.6 Å². The standard InChI is InChI=1S/C28H40N5O5/c1-8-37-25-17(2)18(3)26-32(31-27(33(26)30-25)29-20-10-11-20)16-22(35)19-14-21(28(4,5)6)24(36-7)23(15-19)38-13-9-12-34/h14-15,20,34H,8-13,16H2,1-7H3,(H,29,31)/q+1. The van der Waals surface area contributed by atoms with Crippen LogP contribution >= 0.6 is 0 Å². The highest BCUT2D eigenvalue weighted by Gasteiger charge is 2.33. The van der Waals surface area contributed by atoms with E-state index in [-0.39, 0.29) is 24.3 Å². The third-order valence-electron chi connectivity index (χ3n) is 6.70. The molecule has 1 aliphatic carbocycles. The number of hydrogen-bond donors (Lipinski definition) is 2. The summed E-state index contributed by atoms with van der Waals surface area (Å²) in [5, 5.41) is 22.1. The fourth-order valence-electron chi connectivity index (χ4n) is 4.35. The number of aromatic nitrogens is 4. The van der Waals surface area contributed by atoms with Gasteiger partial charge >= 0.3 is 11.6 Å². The molecule has 0 spiro atoms. The smallest absolute Gasteiger partial charge is 0.358 e. The molecule has 0 atom stereocenters. The number of anilines is 1. The minimum Gasteiger partial charge on any atom is -0.493 e. The largest absolute Gasteiger partial charge is 0.493 e. The van der Waals surface area contributed by atoms with Gasteiger partial charge in [0, 0.05) is 35.8 Å². The summed E-state index contributed by atoms with van der Waals surface area (Å²) in [6, 6.07) is 3.96. The van der Waals surface area contributed by atoms with Crippen molar-refractivity contribution in [3.05, 3.63) is 34.4 Å². The molecular formula is C28H40N5O5+. The number of benzene rings is 1. The Hall–Kier alpha value is -3.40. The SMILES string of the molecule is CCOc1nn2c(NC3CC3)n[n+](CC(=O)c3cc(OCCCO)c(OC)c(C(C)(C)C)c3)c2c(C)c1C. The first kappa shape index (κ1) is 27.6. The molecule has 0 radical (unpaired) electrons. The third kappa shape index (κ3) is 5.70. The van der Waals surface area contributed by atoms with Crippen LogP contribution in [0.15, 0.2) is 12.1 Å². The number of nitrogens with zero attached hydrogens (tertiary/aromatic N) is 4. The average Bonchev–Trinajstić information content (AvgIpc) is 3.62. The number of rotatable bonds is 12. The summed E-state index contributed by atoms with van der Waals surface area (Å²) in [5.74, 6) is 2.13. The molecule has 10 nitrogen and oxygen atoms in total. The number of aliphatic hydroxyl groups excluding tert-OH is 1. The number of ketones is 1. The zero-order valence-corrected chi connectivity index (χ0v) is 23.6. The molecule has 1 aliphatic rings. The van der Waals surface area contributed by atoms with Crippen molar-refractivity contribution in [1.82, 2.24) is 14.7 Å². The Morgan fingerprint density at radius 1 is 1.21 bits per heavy atom. The second-order valence-corrected chi connectivity index (χ2v) is 10.8. The number of carbonyl (C=O) groups is 1. The van der Waals surface area contributed by atoms with Crippen LogP contribution in [0.1, 0.15) is 74.0 Å². The quantitative estimate of drug-likeness (QED) is 0.209. The summed E-state index contributed by atoms with van der Waals surface area (Å²) in [6.45, 7) is 13.0. The average molecular weight is 527 g/mol. The van der Waals surface area contributed by atoms with Crippen molar-refractivity contribution in [1.29, 1.82) is 0 Å². The monoisotopic (exact) mass is 526 g/mol. The molecule has 0 aliphatic heterocycles. The maximum Gasteiger partial charge on any atom is 0.358 e. The van der Waals surface area contributed by atoms with Crippen molar-refractivity contribution in [2.75, 3.05) is 32.2 Å². The fraction of sp³-hybridized carbons (Fsp3) is 0.571. The van der Waals surface area contributed by atoms with Gasteiger partial charge in [0.1, 0.15) is 0 Å². The zero-order valence-electron chi connectivity index (χ0n) is 23.6. The van der Waals surface area contributed by atoms with Gasteiger partial charge in [-0.15, -0.1) is 4.68 Å². The molecule has 2 N–H and O–H groups in total. The zero-order chi connectivity index (χ0) is 27.6.